The highest BCUT2D eigenvalue weighted by molar-refractivity contribution is 7.89. The number of halogens is 3. The highest BCUT2D eigenvalue weighted by Gasteiger charge is 2.31. The molecule has 0 aliphatic carbocycles. The summed E-state index contributed by atoms with van der Waals surface area (Å²) in [7, 11) is -2.47. The molecule has 0 aliphatic rings. The van der Waals surface area contributed by atoms with Crippen LogP contribution in [0, 0.1) is 0 Å². The van der Waals surface area contributed by atoms with E-state index in [0.717, 1.165) is 12.1 Å². The zero-order valence-electron chi connectivity index (χ0n) is 12.5. The number of benzene rings is 2. The molecule has 0 spiro atoms. The maximum atomic E-state index is 12.2. The van der Waals surface area contributed by atoms with Gasteiger partial charge in [0.1, 0.15) is 11.5 Å². The van der Waals surface area contributed by atoms with Crippen LogP contribution in [0.1, 0.15) is 5.56 Å². The van der Waals surface area contributed by atoms with Gasteiger partial charge in [-0.1, -0.05) is 18.2 Å². The van der Waals surface area contributed by atoms with Gasteiger partial charge in [-0.05, 0) is 29.8 Å². The summed E-state index contributed by atoms with van der Waals surface area (Å²) in [4.78, 5) is -0.322. The maximum absolute atomic E-state index is 12.2. The zero-order chi connectivity index (χ0) is 17.8. The molecule has 1 N–H and O–H groups in total. The summed E-state index contributed by atoms with van der Waals surface area (Å²) in [6.07, 6.45) is -4.89. The fraction of sp³-hybridized carbons (Fsp3) is 0.200. The summed E-state index contributed by atoms with van der Waals surface area (Å²) in [6.45, 7) is -0.0172. The van der Waals surface area contributed by atoms with E-state index in [1.54, 1.807) is 24.3 Å². The van der Waals surface area contributed by atoms with Crippen molar-refractivity contribution in [3.8, 4) is 11.5 Å². The van der Waals surface area contributed by atoms with E-state index in [-0.39, 0.29) is 11.4 Å². The molecule has 0 atom stereocenters. The molecule has 9 heteroatoms. The van der Waals surface area contributed by atoms with Crippen LogP contribution in [0.5, 0.6) is 11.5 Å². The fourth-order valence-corrected chi connectivity index (χ4v) is 2.90. The second kappa shape index (κ2) is 7.10. The summed E-state index contributed by atoms with van der Waals surface area (Å²) in [5.74, 6) is 0.0217. The minimum Gasteiger partial charge on any atom is -0.497 e. The van der Waals surface area contributed by atoms with Crippen molar-refractivity contribution in [2.24, 2.45) is 0 Å². The Balaban J connectivity index is 2.10. The van der Waals surface area contributed by atoms with Crippen LogP contribution in [0.4, 0.5) is 13.2 Å². The standard InChI is InChI=1S/C15H14F3NO4S/c1-22-12-7-5-11(6-8-12)10-19-24(20,21)14-4-2-3-13(9-14)23-15(16,17)18/h2-9,19H,10H2,1H3. The van der Waals surface area contributed by atoms with Crippen molar-refractivity contribution in [3.05, 3.63) is 54.1 Å². The van der Waals surface area contributed by atoms with E-state index in [4.69, 9.17) is 4.74 Å². The molecular weight excluding hydrogens is 347 g/mol. The van der Waals surface area contributed by atoms with Crippen LogP contribution < -0.4 is 14.2 Å². The van der Waals surface area contributed by atoms with Gasteiger partial charge in [0.25, 0.3) is 0 Å². The molecule has 130 valence electrons. The van der Waals surface area contributed by atoms with Gasteiger partial charge in [-0.2, -0.15) is 0 Å². The first-order valence-corrected chi connectivity index (χ1v) is 8.16. The Morgan fingerprint density at radius 3 is 2.29 bits per heavy atom. The average molecular weight is 361 g/mol. The number of alkyl halides is 3. The van der Waals surface area contributed by atoms with Crippen LogP contribution in [0.15, 0.2) is 53.4 Å². The minimum atomic E-state index is -4.89. The summed E-state index contributed by atoms with van der Waals surface area (Å²) in [5, 5.41) is 0. The Morgan fingerprint density at radius 2 is 1.71 bits per heavy atom. The number of hydrogen-bond donors (Lipinski definition) is 1. The molecule has 0 bridgehead atoms. The van der Waals surface area contributed by atoms with E-state index in [1.165, 1.54) is 19.2 Å². The number of rotatable bonds is 6. The minimum absolute atomic E-state index is 0.0172. The Morgan fingerprint density at radius 1 is 1.04 bits per heavy atom. The van der Waals surface area contributed by atoms with Gasteiger partial charge in [0.05, 0.1) is 12.0 Å². The molecule has 2 aromatic carbocycles. The molecule has 0 amide bonds. The van der Waals surface area contributed by atoms with Crippen molar-refractivity contribution in [1.82, 2.24) is 4.72 Å². The monoisotopic (exact) mass is 361 g/mol. The molecule has 24 heavy (non-hydrogen) atoms. The predicted molar refractivity (Wildman–Crippen MR) is 80.1 cm³/mol. The Hall–Kier alpha value is -2.26. The number of methoxy groups -OCH3 is 1. The molecule has 0 heterocycles. The van der Waals surface area contributed by atoms with Crippen molar-refractivity contribution >= 4 is 10.0 Å². The van der Waals surface area contributed by atoms with Gasteiger partial charge in [0.15, 0.2) is 0 Å². The van der Waals surface area contributed by atoms with Crippen molar-refractivity contribution < 1.29 is 31.1 Å². The van der Waals surface area contributed by atoms with Gasteiger partial charge in [0, 0.05) is 12.6 Å². The van der Waals surface area contributed by atoms with Gasteiger partial charge < -0.3 is 9.47 Å². The summed E-state index contributed by atoms with van der Waals surface area (Å²) in [6, 6.07) is 10.9. The highest BCUT2D eigenvalue weighted by atomic mass is 32.2. The Labute approximate surface area is 137 Å². The van der Waals surface area contributed by atoms with Crippen molar-refractivity contribution in [3.63, 3.8) is 0 Å². The molecule has 0 radical (unpaired) electrons. The molecule has 0 fully saturated rings. The lowest BCUT2D eigenvalue weighted by Gasteiger charge is -2.11. The predicted octanol–water partition coefficient (Wildman–Crippen LogP) is 3.07. The lowest BCUT2D eigenvalue weighted by atomic mass is 10.2. The molecule has 0 saturated heterocycles. The van der Waals surface area contributed by atoms with Crippen LogP contribution in [0.25, 0.3) is 0 Å². The smallest absolute Gasteiger partial charge is 0.497 e. The summed E-state index contributed by atoms with van der Waals surface area (Å²) in [5.41, 5.74) is 0.669. The van der Waals surface area contributed by atoms with Gasteiger partial charge in [-0.15, -0.1) is 13.2 Å². The third kappa shape index (κ3) is 5.14. The van der Waals surface area contributed by atoms with E-state index in [9.17, 15) is 21.6 Å². The molecule has 0 saturated carbocycles. The van der Waals surface area contributed by atoms with E-state index in [0.29, 0.717) is 11.3 Å². The second-order valence-electron chi connectivity index (χ2n) is 4.70. The van der Waals surface area contributed by atoms with Crippen LogP contribution in [0.2, 0.25) is 0 Å². The van der Waals surface area contributed by atoms with E-state index < -0.39 is 22.1 Å². The summed E-state index contributed by atoms with van der Waals surface area (Å²) >= 11 is 0. The first kappa shape index (κ1) is 18.1. The lowest BCUT2D eigenvalue weighted by molar-refractivity contribution is -0.274. The number of hydrogen-bond acceptors (Lipinski definition) is 4. The van der Waals surface area contributed by atoms with E-state index >= 15 is 0 Å². The number of sulfonamides is 1. The molecule has 5 nitrogen and oxygen atoms in total. The third-order valence-corrected chi connectivity index (χ3v) is 4.37. The van der Waals surface area contributed by atoms with Gasteiger partial charge in [-0.3, -0.25) is 0 Å². The Bertz CT molecular complexity index is 789. The van der Waals surface area contributed by atoms with Gasteiger partial charge >= 0.3 is 6.36 Å². The first-order chi connectivity index (χ1) is 11.2. The van der Waals surface area contributed by atoms with E-state index in [2.05, 4.69) is 9.46 Å². The average Bonchev–Trinajstić information content (AvgIpc) is 2.52. The van der Waals surface area contributed by atoms with Gasteiger partial charge in [-0.25, -0.2) is 13.1 Å². The zero-order valence-corrected chi connectivity index (χ0v) is 13.3. The molecular formula is C15H14F3NO4S. The molecule has 0 aromatic heterocycles. The third-order valence-electron chi connectivity index (χ3n) is 2.97. The number of ether oxygens (including phenoxy) is 2. The van der Waals surface area contributed by atoms with Crippen LogP contribution in [-0.4, -0.2) is 21.9 Å². The molecule has 0 aliphatic heterocycles. The second-order valence-corrected chi connectivity index (χ2v) is 6.46. The Kier molecular flexibility index (Phi) is 5.35. The largest absolute Gasteiger partial charge is 0.573 e. The topological polar surface area (TPSA) is 64.6 Å². The van der Waals surface area contributed by atoms with Crippen molar-refractivity contribution in [2.45, 2.75) is 17.8 Å². The van der Waals surface area contributed by atoms with Crippen LogP contribution >= 0.6 is 0 Å². The first-order valence-electron chi connectivity index (χ1n) is 6.68. The van der Waals surface area contributed by atoms with Crippen LogP contribution in [0.3, 0.4) is 0 Å². The quantitative estimate of drug-likeness (QED) is 0.859. The fourth-order valence-electron chi connectivity index (χ4n) is 1.84. The van der Waals surface area contributed by atoms with Crippen LogP contribution in [-0.2, 0) is 16.6 Å². The van der Waals surface area contributed by atoms with E-state index in [1.807, 2.05) is 0 Å². The van der Waals surface area contributed by atoms with Crippen molar-refractivity contribution in [2.75, 3.05) is 7.11 Å². The SMILES string of the molecule is COc1ccc(CNS(=O)(=O)c2cccc(OC(F)(F)F)c2)cc1. The summed E-state index contributed by atoms with van der Waals surface area (Å²) < 4.78 is 72.0. The maximum Gasteiger partial charge on any atom is 0.573 e. The van der Waals surface area contributed by atoms with Crippen molar-refractivity contribution in [1.29, 1.82) is 0 Å². The molecule has 2 rings (SSSR count). The lowest BCUT2D eigenvalue weighted by Crippen LogP contribution is -2.23. The highest BCUT2D eigenvalue weighted by Crippen LogP contribution is 2.25. The van der Waals surface area contributed by atoms with Gasteiger partial charge in [0.2, 0.25) is 10.0 Å². The number of nitrogens with one attached hydrogen (secondary N) is 1. The molecule has 2 aromatic rings. The normalized spacial score (nSPS) is 12.0. The molecule has 0 unspecified atom stereocenters.